The van der Waals surface area contributed by atoms with E-state index in [9.17, 15) is 156 Å². The highest BCUT2D eigenvalue weighted by atomic mass is 32.2. The predicted octanol–water partition coefficient (Wildman–Crippen LogP) is -16.3. The Morgan fingerprint density at radius 3 is 1.11 bits per heavy atom. The molecule has 0 bridgehead atoms. The maximum atomic E-state index is 14.9. The van der Waals surface area contributed by atoms with Crippen LogP contribution in [-0.4, -0.2) is 405 Å². The van der Waals surface area contributed by atoms with Crippen molar-refractivity contribution < 1.29 is 161 Å². The Bertz CT molecular complexity index is 4760. The van der Waals surface area contributed by atoms with Crippen molar-refractivity contribution in [2.75, 3.05) is 97.5 Å². The number of phenols is 1. The smallest absolute Gasteiger partial charge is 0.325 e. The molecule has 0 aromatic heterocycles. The highest BCUT2D eigenvalue weighted by molar-refractivity contribution is 7.98. The number of nitrogens with one attached hydrogen (secondary N) is 21. The van der Waals surface area contributed by atoms with Crippen LogP contribution in [-0.2, 0) is 109 Å². The Kier molecular flexibility index (Phi) is 56.5. The fourth-order valence-electron chi connectivity index (χ4n) is 13.7. The van der Waals surface area contributed by atoms with Gasteiger partial charge in [-0.05, 0) is 120 Å². The van der Waals surface area contributed by atoms with Gasteiger partial charge >= 0.3 is 24.1 Å². The second-order valence-electron chi connectivity index (χ2n) is 33.8. The Morgan fingerprint density at radius 2 is 0.712 bits per heavy atom. The van der Waals surface area contributed by atoms with Crippen LogP contribution >= 0.6 is 11.8 Å². The Hall–Kier alpha value is -14.6. The van der Waals surface area contributed by atoms with Crippen molar-refractivity contribution in [2.45, 2.75) is 220 Å². The number of nitrogens with zero attached hydrogens (tertiary/aromatic N) is 1. The summed E-state index contributed by atoms with van der Waals surface area (Å²) in [6, 6.07) is -19.4. The topological polar surface area (TPSA) is 955 Å². The normalized spacial score (nSPS) is 15.8. The lowest BCUT2D eigenvalue weighted by atomic mass is 10.0. The van der Waals surface area contributed by atoms with Gasteiger partial charge < -0.3 is 191 Å². The van der Waals surface area contributed by atoms with Gasteiger partial charge in [-0.15, -0.1) is 0 Å². The molecule has 39 N–H and O–H groups in total. The first kappa shape index (κ1) is 126. The van der Waals surface area contributed by atoms with E-state index in [1.165, 1.54) is 49.9 Å². The average molecular weight is 2090 g/mol. The first-order chi connectivity index (χ1) is 69.0. The molecule has 1 fully saturated rings. The first-order valence-corrected chi connectivity index (χ1v) is 47.4. The minimum Gasteiger partial charge on any atom is -0.508 e. The zero-order valence-electron chi connectivity index (χ0n) is 80.9. The van der Waals surface area contributed by atoms with E-state index in [1.54, 1.807) is 36.6 Å². The number of hydrogen-bond donors (Lipinski definition) is 35. The fourth-order valence-corrected chi connectivity index (χ4v) is 14.2. The summed E-state index contributed by atoms with van der Waals surface area (Å²) in [6.45, 7) is -3.97. The van der Waals surface area contributed by atoms with Crippen molar-refractivity contribution in [2.24, 2.45) is 28.9 Å². The van der Waals surface area contributed by atoms with Gasteiger partial charge in [-0.25, -0.2) is 14.4 Å². The van der Waals surface area contributed by atoms with Gasteiger partial charge in [0, 0.05) is 39.0 Å². The molecule has 25 amide bonds. The number of aromatic hydroxyl groups is 1. The molecule has 0 saturated carbocycles. The quantitative estimate of drug-likeness (QED) is 0.0274. The molecule has 19 atom stereocenters. The van der Waals surface area contributed by atoms with E-state index in [-0.39, 0.29) is 94.6 Å². The number of benzene rings is 2. The number of carbonyl (C=O) groups is 23. The monoisotopic (exact) mass is 2090 g/mol. The standard InChI is InChI=1S/C86H136N26O33S/c1-41(2)64(110-78(136)59(40-118)104-71(129)51(18-12-27-93-86(90)145)101-82(140)66(44(5)120)111-67(125)48(87)35-113)80(138)108-58(39-117)77(135)107-57(38-116)76(134)106-56(37-115)75(133)105-55(36-114)74(132)103-54(31-46-20-22-47(121)23-21-46)73(131)99-50(17-11-26-92-85(89)144)69(127)98-49(16-10-25-91-84(88)143)70(128)100-52(24-29-146-6)72(130)102-53(30-45-14-8-7-9-15-45)68(126)95-32-61(122)94-34-63(124)112-28-13-19-60(112)79(137)96-33-62(123)109-65(43(4)119)81(139)97-42(3)83(141)142/h7-9,14-15,20-23,41-44,48-60,64-66,113-121H,10-13,16-19,24-40,87H2,1-6H3,(H,94,122)(H,95,126)(H,96,137)(H,97,139)(H,98,127)(H,99,131)(H,100,128)(H,101,140)(H,102,130)(H,103,132)(H,104,129)(H,105,133)(H,106,134)(H,107,135)(H,108,138)(H,109,123)(H,110,136)(H,111,125)(H,141,142)(H3,88,91,143)(H3,89,92,144)(H3,90,93,145)/t42-,43+,44+,48-,49-,50-,51-,52-,53-,54-,55-,56-,57-,58-,59-,60-,64-,65-,66-/m0/s1. The fraction of sp³-hybridized carbons (Fsp3) is 0.593. The summed E-state index contributed by atoms with van der Waals surface area (Å²) >= 11 is 1.22. The molecule has 2 aromatic carbocycles. The lowest BCUT2D eigenvalue weighted by Crippen LogP contribution is -2.63. The minimum atomic E-state index is -2.14. The average Bonchev–Trinajstić information content (AvgIpc) is 1.73. The molecule has 814 valence electrons. The number of thioether (sulfide) groups is 1. The van der Waals surface area contributed by atoms with Crippen molar-refractivity contribution in [3.05, 3.63) is 65.7 Å². The Morgan fingerprint density at radius 1 is 0.370 bits per heavy atom. The van der Waals surface area contributed by atoms with Crippen LogP contribution < -0.4 is 135 Å². The van der Waals surface area contributed by atoms with Gasteiger partial charge in [-0.2, -0.15) is 11.8 Å². The molecule has 1 aliphatic rings. The van der Waals surface area contributed by atoms with E-state index in [4.69, 9.17) is 28.0 Å². The van der Waals surface area contributed by atoms with Crippen molar-refractivity contribution in [1.29, 1.82) is 0 Å². The minimum absolute atomic E-state index is 0.0389. The number of aliphatic hydroxyl groups is 8. The molecule has 1 heterocycles. The molecular formula is C86H136N26O33S. The number of urea groups is 3. The number of primary amides is 3. The molecule has 0 unspecified atom stereocenters. The third kappa shape index (κ3) is 45.2. The number of carboxylic acids is 1. The number of hydrogen-bond acceptors (Lipinski definition) is 34. The van der Waals surface area contributed by atoms with E-state index in [0.29, 0.717) is 12.0 Å². The number of likely N-dealkylation sites (tertiary alicyclic amines) is 1. The Labute approximate surface area is 840 Å². The zero-order chi connectivity index (χ0) is 110. The van der Waals surface area contributed by atoms with Gasteiger partial charge in [-0.1, -0.05) is 56.3 Å². The van der Waals surface area contributed by atoms with Crippen LogP contribution in [0.3, 0.4) is 0 Å². The summed E-state index contributed by atoms with van der Waals surface area (Å²) in [4.78, 5) is 309. The number of phenolic OH excluding ortho intramolecular Hbond substituents is 1. The summed E-state index contributed by atoms with van der Waals surface area (Å²) in [5.74, 6) is -24.0. The van der Waals surface area contributed by atoms with E-state index >= 15 is 0 Å². The van der Waals surface area contributed by atoms with Gasteiger partial charge in [0.05, 0.1) is 71.5 Å². The SMILES string of the molecule is CSCC[C@H](NC(=O)[C@H](CCCNC(N)=O)NC(=O)[C@H](CCCNC(N)=O)NC(=O)[C@H](Cc1ccc(O)cc1)NC(=O)[C@H](CO)NC(=O)[C@H](CO)NC(=O)[C@H](CO)NC(=O)[C@H](CO)NC(=O)[C@@H](NC(=O)[C@H](CO)NC(=O)[C@H](CCCNC(N)=O)NC(=O)[C@@H](NC(=O)[C@@H](N)CO)[C@@H](C)O)C(C)C)C(=O)N[C@@H](Cc1ccccc1)C(=O)NCC(=O)NCC(=O)N1CCC[C@H]1C(=O)NCC(=O)N[C@H](C(=O)N[C@@H](C)C(=O)O)[C@@H](C)O. The van der Waals surface area contributed by atoms with Gasteiger partial charge in [0.2, 0.25) is 112 Å². The molecule has 0 spiro atoms. The van der Waals surface area contributed by atoms with E-state index in [1.807, 2.05) is 10.6 Å². The van der Waals surface area contributed by atoms with Crippen LogP contribution in [0.15, 0.2) is 54.6 Å². The van der Waals surface area contributed by atoms with Gasteiger partial charge in [0.15, 0.2) is 0 Å². The van der Waals surface area contributed by atoms with Crippen LogP contribution in [0, 0.1) is 5.92 Å². The van der Waals surface area contributed by atoms with Gasteiger partial charge in [0.1, 0.15) is 108 Å². The Balaban J connectivity index is 1.87. The number of rotatable bonds is 66. The first-order valence-electron chi connectivity index (χ1n) is 46.1. The highest BCUT2D eigenvalue weighted by Crippen LogP contribution is 2.19. The van der Waals surface area contributed by atoms with Crippen LogP contribution in [0.1, 0.15) is 104 Å². The summed E-state index contributed by atoms with van der Waals surface area (Å²) in [7, 11) is 0. The second kappa shape index (κ2) is 65.7. The van der Waals surface area contributed by atoms with Crippen LogP contribution in [0.5, 0.6) is 5.75 Å². The summed E-state index contributed by atoms with van der Waals surface area (Å²) in [5, 5.41) is 149. The third-order valence-electron chi connectivity index (χ3n) is 21.9. The third-order valence-corrected chi connectivity index (χ3v) is 22.5. The van der Waals surface area contributed by atoms with Gasteiger partial charge in [-0.3, -0.25) is 95.9 Å². The molecule has 59 nitrogen and oxygen atoms in total. The maximum absolute atomic E-state index is 14.9. The molecule has 0 aliphatic carbocycles. The summed E-state index contributed by atoms with van der Waals surface area (Å²) in [6.07, 6.45) is -3.48. The molecule has 1 aliphatic heterocycles. The van der Waals surface area contributed by atoms with Crippen LogP contribution in [0.25, 0.3) is 0 Å². The maximum Gasteiger partial charge on any atom is 0.325 e. The summed E-state index contributed by atoms with van der Waals surface area (Å²) in [5.41, 5.74) is 22.0. The number of amides is 25. The molecule has 0 radical (unpaired) electrons. The number of nitrogens with two attached hydrogens (primary N) is 4. The van der Waals surface area contributed by atoms with E-state index in [2.05, 4.69) is 101 Å². The predicted molar refractivity (Wildman–Crippen MR) is 510 cm³/mol. The second-order valence-corrected chi connectivity index (χ2v) is 34.8. The van der Waals surface area contributed by atoms with Gasteiger partial charge in [0.25, 0.3) is 0 Å². The number of carbonyl (C=O) groups excluding carboxylic acids is 22. The molecule has 60 heteroatoms. The summed E-state index contributed by atoms with van der Waals surface area (Å²) < 4.78 is 0. The lowest BCUT2D eigenvalue weighted by Gasteiger charge is -2.28. The number of carboxylic acid groups (broad SMARTS) is 1. The van der Waals surface area contributed by atoms with Crippen molar-refractivity contribution >= 4 is 148 Å². The van der Waals surface area contributed by atoms with Crippen molar-refractivity contribution in [3.63, 3.8) is 0 Å². The number of aliphatic hydroxyl groups excluding tert-OH is 8. The van der Waals surface area contributed by atoms with Crippen LogP contribution in [0.2, 0.25) is 0 Å². The zero-order valence-corrected chi connectivity index (χ0v) is 81.8. The number of aliphatic carboxylic acids is 1. The van der Waals surface area contributed by atoms with Crippen molar-refractivity contribution in [1.82, 2.24) is 117 Å². The van der Waals surface area contributed by atoms with Crippen LogP contribution in [0.4, 0.5) is 14.4 Å². The highest BCUT2D eigenvalue weighted by Gasteiger charge is 2.41. The lowest BCUT2D eigenvalue weighted by molar-refractivity contribution is -0.142. The largest absolute Gasteiger partial charge is 0.508 e. The van der Waals surface area contributed by atoms with E-state index in [0.717, 1.165) is 25.7 Å². The van der Waals surface area contributed by atoms with E-state index < -0.39 is 329 Å². The molecule has 1 saturated heterocycles. The van der Waals surface area contributed by atoms with Crippen molar-refractivity contribution in [3.8, 4) is 5.75 Å². The molecule has 2 aromatic rings. The molecule has 3 rings (SSSR count). The molecule has 146 heavy (non-hydrogen) atoms. The molecular weight excluding hydrogens is 1960 g/mol.